The summed E-state index contributed by atoms with van der Waals surface area (Å²) in [6.07, 6.45) is 0.131. The molecule has 0 spiro atoms. The standard InChI is InChI=1S/C21H22N4O4S/c1-15-19(20(26)24-30(2,27)28)23-21(29-15)25(13-12-16-6-4-3-5-7-16)18-10-8-17(14-22)9-11-18/h3-11,20,24,26H,12-13H2,1-2H3. The molecule has 0 aliphatic rings. The Morgan fingerprint density at radius 2 is 1.87 bits per heavy atom. The Kier molecular flexibility index (Phi) is 6.52. The molecule has 8 nitrogen and oxygen atoms in total. The van der Waals surface area contributed by atoms with Crippen molar-refractivity contribution < 1.29 is 17.9 Å². The number of benzene rings is 2. The Balaban J connectivity index is 1.93. The van der Waals surface area contributed by atoms with Crippen molar-refractivity contribution in [3.8, 4) is 6.07 Å². The van der Waals surface area contributed by atoms with Gasteiger partial charge in [0.25, 0.3) is 0 Å². The third-order valence-electron chi connectivity index (χ3n) is 4.41. The van der Waals surface area contributed by atoms with Gasteiger partial charge in [0.05, 0.1) is 17.9 Å². The van der Waals surface area contributed by atoms with Gasteiger partial charge in [0.2, 0.25) is 10.0 Å². The molecule has 2 aromatic carbocycles. The zero-order chi connectivity index (χ0) is 21.7. The van der Waals surface area contributed by atoms with Crippen molar-refractivity contribution in [1.29, 1.82) is 5.26 Å². The minimum Gasteiger partial charge on any atom is -0.428 e. The van der Waals surface area contributed by atoms with Crippen LogP contribution in [-0.2, 0) is 16.4 Å². The topological polar surface area (TPSA) is 119 Å². The number of nitrogens with one attached hydrogen (secondary N) is 1. The van der Waals surface area contributed by atoms with Crippen LogP contribution in [-0.4, -0.2) is 31.3 Å². The molecule has 0 aliphatic heterocycles. The SMILES string of the molecule is Cc1oc(N(CCc2ccccc2)c2ccc(C#N)cc2)nc1C(O)NS(C)(=O)=O. The molecule has 3 rings (SSSR count). The van der Waals surface area contributed by atoms with Gasteiger partial charge in [-0.3, -0.25) is 4.90 Å². The highest BCUT2D eigenvalue weighted by atomic mass is 32.2. The third-order valence-corrected chi connectivity index (χ3v) is 5.06. The van der Waals surface area contributed by atoms with E-state index in [9.17, 15) is 13.5 Å². The second kappa shape index (κ2) is 9.09. The number of aromatic nitrogens is 1. The van der Waals surface area contributed by atoms with Crippen LogP contribution in [0.3, 0.4) is 0 Å². The molecule has 30 heavy (non-hydrogen) atoms. The summed E-state index contributed by atoms with van der Waals surface area (Å²) in [5.74, 6) is 0.298. The van der Waals surface area contributed by atoms with Crippen molar-refractivity contribution >= 4 is 21.7 Å². The van der Waals surface area contributed by atoms with Crippen LogP contribution in [0.1, 0.15) is 28.8 Å². The summed E-state index contributed by atoms with van der Waals surface area (Å²) in [5, 5.41) is 19.3. The van der Waals surface area contributed by atoms with Gasteiger partial charge in [-0.1, -0.05) is 30.3 Å². The molecule has 156 valence electrons. The molecule has 1 unspecified atom stereocenters. The van der Waals surface area contributed by atoms with Crippen LogP contribution in [0, 0.1) is 18.3 Å². The van der Waals surface area contributed by atoms with Crippen molar-refractivity contribution in [1.82, 2.24) is 9.71 Å². The predicted molar refractivity (Wildman–Crippen MR) is 112 cm³/mol. The number of anilines is 2. The number of nitriles is 1. The number of aryl methyl sites for hydroxylation is 1. The van der Waals surface area contributed by atoms with Crippen molar-refractivity contribution in [3.63, 3.8) is 0 Å². The molecule has 9 heteroatoms. The first-order valence-corrected chi connectivity index (χ1v) is 11.1. The molecule has 0 saturated carbocycles. The van der Waals surface area contributed by atoms with E-state index in [1.807, 2.05) is 35.2 Å². The largest absolute Gasteiger partial charge is 0.428 e. The Morgan fingerprint density at radius 1 is 1.20 bits per heavy atom. The van der Waals surface area contributed by atoms with E-state index in [4.69, 9.17) is 9.68 Å². The van der Waals surface area contributed by atoms with E-state index in [2.05, 4.69) is 15.8 Å². The molecule has 0 amide bonds. The van der Waals surface area contributed by atoms with E-state index in [0.29, 0.717) is 24.3 Å². The van der Waals surface area contributed by atoms with Gasteiger partial charge >= 0.3 is 6.01 Å². The molecule has 0 saturated heterocycles. The van der Waals surface area contributed by atoms with E-state index < -0.39 is 16.3 Å². The fourth-order valence-corrected chi connectivity index (χ4v) is 3.48. The number of rotatable bonds is 8. The molecule has 0 aliphatic carbocycles. The van der Waals surface area contributed by atoms with Crippen LogP contribution < -0.4 is 9.62 Å². The van der Waals surface area contributed by atoms with Gasteiger partial charge in [-0.15, -0.1) is 0 Å². The summed E-state index contributed by atoms with van der Waals surface area (Å²) in [4.78, 5) is 6.16. The smallest absolute Gasteiger partial charge is 0.302 e. The van der Waals surface area contributed by atoms with Gasteiger partial charge in [-0.2, -0.15) is 15.0 Å². The molecular weight excluding hydrogens is 404 g/mol. The maximum Gasteiger partial charge on any atom is 0.302 e. The summed E-state index contributed by atoms with van der Waals surface area (Å²) >= 11 is 0. The van der Waals surface area contributed by atoms with Gasteiger partial charge < -0.3 is 9.52 Å². The molecule has 0 bridgehead atoms. The maximum absolute atomic E-state index is 11.4. The second-order valence-corrected chi connectivity index (χ2v) is 8.56. The Bertz CT molecular complexity index is 1140. The zero-order valence-electron chi connectivity index (χ0n) is 16.6. The summed E-state index contributed by atoms with van der Waals surface area (Å²) in [6, 6.07) is 19.2. The molecular formula is C21H22N4O4S. The third kappa shape index (κ3) is 5.45. The van der Waals surface area contributed by atoms with E-state index in [0.717, 1.165) is 17.5 Å². The summed E-state index contributed by atoms with van der Waals surface area (Å²) in [6.45, 7) is 2.12. The summed E-state index contributed by atoms with van der Waals surface area (Å²) < 4.78 is 30.7. The van der Waals surface area contributed by atoms with Crippen molar-refractivity contribution in [2.75, 3.05) is 17.7 Å². The second-order valence-electron chi connectivity index (χ2n) is 6.78. The minimum absolute atomic E-state index is 0.0915. The Labute approximate surface area is 175 Å². The van der Waals surface area contributed by atoms with Gasteiger partial charge in [-0.05, 0) is 43.2 Å². The van der Waals surface area contributed by atoms with Gasteiger partial charge in [0.1, 0.15) is 11.5 Å². The summed E-state index contributed by atoms with van der Waals surface area (Å²) in [7, 11) is -3.63. The number of hydrogen-bond acceptors (Lipinski definition) is 7. The normalized spacial score (nSPS) is 12.3. The average molecular weight is 426 g/mol. The first kappa shape index (κ1) is 21.5. The lowest BCUT2D eigenvalue weighted by atomic mass is 10.1. The molecule has 3 aromatic rings. The van der Waals surface area contributed by atoms with Gasteiger partial charge in [-0.25, -0.2) is 8.42 Å². The van der Waals surface area contributed by atoms with E-state index in [1.165, 1.54) is 0 Å². The molecule has 2 N–H and O–H groups in total. The number of hydrogen-bond donors (Lipinski definition) is 2. The Morgan fingerprint density at radius 3 is 2.47 bits per heavy atom. The van der Waals surface area contributed by atoms with Crippen molar-refractivity contribution in [3.05, 3.63) is 77.2 Å². The fourth-order valence-electron chi connectivity index (χ4n) is 2.96. The predicted octanol–water partition coefficient (Wildman–Crippen LogP) is 2.78. The van der Waals surface area contributed by atoms with Crippen LogP contribution in [0.5, 0.6) is 0 Å². The molecule has 1 aromatic heterocycles. The zero-order valence-corrected chi connectivity index (χ0v) is 17.4. The fraction of sp³-hybridized carbons (Fsp3) is 0.238. The highest BCUT2D eigenvalue weighted by molar-refractivity contribution is 7.88. The number of aliphatic hydroxyl groups excluding tert-OH is 1. The lowest BCUT2D eigenvalue weighted by Crippen LogP contribution is -2.28. The Hall–Kier alpha value is -3.19. The van der Waals surface area contributed by atoms with Crippen LogP contribution >= 0.6 is 0 Å². The van der Waals surface area contributed by atoms with Crippen LogP contribution in [0.4, 0.5) is 11.7 Å². The molecule has 1 heterocycles. The monoisotopic (exact) mass is 426 g/mol. The van der Waals surface area contributed by atoms with Gasteiger partial charge in [0.15, 0.2) is 6.23 Å². The van der Waals surface area contributed by atoms with Crippen LogP contribution in [0.25, 0.3) is 0 Å². The van der Waals surface area contributed by atoms with Crippen LogP contribution in [0.15, 0.2) is 59.0 Å². The number of oxazole rings is 1. The summed E-state index contributed by atoms with van der Waals surface area (Å²) in [5.41, 5.74) is 2.49. The van der Waals surface area contributed by atoms with E-state index >= 15 is 0 Å². The van der Waals surface area contributed by atoms with E-state index in [1.54, 1.807) is 31.2 Å². The average Bonchev–Trinajstić information content (AvgIpc) is 3.10. The quantitative estimate of drug-likeness (QED) is 0.532. The molecule has 1 atom stereocenters. The molecule has 0 radical (unpaired) electrons. The first-order valence-electron chi connectivity index (χ1n) is 9.21. The minimum atomic E-state index is -3.63. The van der Waals surface area contributed by atoms with Crippen LogP contribution in [0.2, 0.25) is 0 Å². The van der Waals surface area contributed by atoms with Gasteiger partial charge in [0, 0.05) is 12.2 Å². The van der Waals surface area contributed by atoms with E-state index in [-0.39, 0.29) is 11.7 Å². The first-order chi connectivity index (χ1) is 14.3. The van der Waals surface area contributed by atoms with Crippen molar-refractivity contribution in [2.24, 2.45) is 0 Å². The molecule has 0 fully saturated rings. The lowest BCUT2D eigenvalue weighted by molar-refractivity contribution is 0.160. The number of sulfonamides is 1. The number of aliphatic hydroxyl groups is 1. The lowest BCUT2D eigenvalue weighted by Gasteiger charge is -2.21. The maximum atomic E-state index is 11.4. The van der Waals surface area contributed by atoms with Crippen molar-refractivity contribution in [2.45, 2.75) is 19.6 Å². The highest BCUT2D eigenvalue weighted by Gasteiger charge is 2.24. The highest BCUT2D eigenvalue weighted by Crippen LogP contribution is 2.29. The number of nitrogens with zero attached hydrogens (tertiary/aromatic N) is 3.